The highest BCUT2D eigenvalue weighted by Gasteiger charge is 2.32. The van der Waals surface area contributed by atoms with Crippen molar-refractivity contribution in [3.05, 3.63) is 24.0 Å². The van der Waals surface area contributed by atoms with Crippen LogP contribution in [0.25, 0.3) is 0 Å². The molecule has 2 heterocycles. The number of nitriles is 1. The highest BCUT2D eigenvalue weighted by atomic mass is 16.2. The first-order valence-electron chi connectivity index (χ1n) is 5.62. The standard InChI is InChI=1S/C12H12N4O2/c1-2-10-12(18)15-11(17)7-16(10)9-3-4-14-8(5-9)6-13/h3-5,10H,2,7H2,1H3,(H,15,17,18). The number of amides is 2. The molecule has 1 saturated heterocycles. The lowest BCUT2D eigenvalue weighted by atomic mass is 10.1. The van der Waals surface area contributed by atoms with Crippen LogP contribution in [0.5, 0.6) is 0 Å². The highest BCUT2D eigenvalue weighted by Crippen LogP contribution is 2.20. The van der Waals surface area contributed by atoms with Gasteiger partial charge in [0, 0.05) is 11.9 Å². The van der Waals surface area contributed by atoms with Crippen LogP contribution in [0.4, 0.5) is 5.69 Å². The minimum atomic E-state index is -0.392. The number of carbonyl (C=O) groups excluding carboxylic acids is 2. The Morgan fingerprint density at radius 1 is 1.61 bits per heavy atom. The third kappa shape index (κ3) is 2.15. The van der Waals surface area contributed by atoms with E-state index in [1.54, 1.807) is 17.0 Å². The number of aromatic nitrogens is 1. The zero-order valence-corrected chi connectivity index (χ0v) is 9.88. The van der Waals surface area contributed by atoms with Crippen LogP contribution in [0, 0.1) is 11.3 Å². The van der Waals surface area contributed by atoms with E-state index in [4.69, 9.17) is 5.26 Å². The Labute approximate surface area is 104 Å². The van der Waals surface area contributed by atoms with Crippen molar-refractivity contribution in [1.29, 1.82) is 5.26 Å². The molecule has 1 unspecified atom stereocenters. The summed E-state index contributed by atoms with van der Waals surface area (Å²) in [4.78, 5) is 28.7. The molecule has 6 heteroatoms. The molecule has 1 aliphatic rings. The van der Waals surface area contributed by atoms with Crippen LogP contribution >= 0.6 is 0 Å². The number of piperazine rings is 1. The van der Waals surface area contributed by atoms with Crippen molar-refractivity contribution >= 4 is 17.5 Å². The van der Waals surface area contributed by atoms with E-state index in [1.165, 1.54) is 6.20 Å². The van der Waals surface area contributed by atoms with Gasteiger partial charge in [-0.05, 0) is 18.6 Å². The van der Waals surface area contributed by atoms with Gasteiger partial charge in [0.15, 0.2) is 0 Å². The van der Waals surface area contributed by atoms with Crippen LogP contribution < -0.4 is 10.2 Å². The molecule has 1 aromatic rings. The van der Waals surface area contributed by atoms with E-state index >= 15 is 0 Å². The summed E-state index contributed by atoms with van der Waals surface area (Å²) < 4.78 is 0. The molecule has 1 fully saturated rings. The number of hydrogen-bond acceptors (Lipinski definition) is 5. The Balaban J connectivity index is 2.37. The maximum absolute atomic E-state index is 11.7. The molecule has 2 amide bonds. The van der Waals surface area contributed by atoms with Crippen LogP contribution in [-0.2, 0) is 9.59 Å². The maximum atomic E-state index is 11.7. The zero-order valence-electron chi connectivity index (χ0n) is 9.88. The molecule has 0 bridgehead atoms. The lowest BCUT2D eigenvalue weighted by molar-refractivity contribution is -0.132. The summed E-state index contributed by atoms with van der Waals surface area (Å²) in [6.45, 7) is 1.98. The van der Waals surface area contributed by atoms with Crippen molar-refractivity contribution < 1.29 is 9.59 Å². The number of pyridine rings is 1. The largest absolute Gasteiger partial charge is 0.350 e. The van der Waals surface area contributed by atoms with Gasteiger partial charge in [0.05, 0.1) is 6.54 Å². The van der Waals surface area contributed by atoms with E-state index in [9.17, 15) is 9.59 Å². The van der Waals surface area contributed by atoms with Crippen molar-refractivity contribution in [2.45, 2.75) is 19.4 Å². The first kappa shape index (κ1) is 12.0. The lowest BCUT2D eigenvalue weighted by Gasteiger charge is -2.35. The van der Waals surface area contributed by atoms with Crippen LogP contribution in [-0.4, -0.2) is 29.4 Å². The Bertz CT molecular complexity index is 535. The highest BCUT2D eigenvalue weighted by molar-refractivity contribution is 6.04. The summed E-state index contributed by atoms with van der Waals surface area (Å²) in [5, 5.41) is 11.1. The average Bonchev–Trinajstić information content (AvgIpc) is 2.38. The molecular weight excluding hydrogens is 232 g/mol. The second-order valence-corrected chi connectivity index (χ2v) is 3.98. The summed E-state index contributed by atoms with van der Waals surface area (Å²) >= 11 is 0. The van der Waals surface area contributed by atoms with Gasteiger partial charge in [0.2, 0.25) is 11.8 Å². The SMILES string of the molecule is CCC1C(=O)NC(=O)CN1c1ccnc(C#N)c1. The number of nitrogens with zero attached hydrogens (tertiary/aromatic N) is 3. The lowest BCUT2D eigenvalue weighted by Crippen LogP contribution is -2.58. The van der Waals surface area contributed by atoms with Gasteiger partial charge < -0.3 is 4.90 Å². The van der Waals surface area contributed by atoms with Crippen LogP contribution in [0.1, 0.15) is 19.0 Å². The van der Waals surface area contributed by atoms with Crippen molar-refractivity contribution in [1.82, 2.24) is 10.3 Å². The van der Waals surface area contributed by atoms with Gasteiger partial charge in [-0.3, -0.25) is 14.9 Å². The summed E-state index contributed by atoms with van der Waals surface area (Å²) in [5.74, 6) is -0.635. The molecule has 18 heavy (non-hydrogen) atoms. The fraction of sp³-hybridized carbons (Fsp3) is 0.333. The number of rotatable bonds is 2. The Hall–Kier alpha value is -2.42. The first-order valence-corrected chi connectivity index (χ1v) is 5.62. The van der Waals surface area contributed by atoms with Crippen LogP contribution in [0.3, 0.4) is 0 Å². The Kier molecular flexibility index (Phi) is 3.24. The van der Waals surface area contributed by atoms with E-state index in [1.807, 2.05) is 13.0 Å². The van der Waals surface area contributed by atoms with Gasteiger partial charge >= 0.3 is 0 Å². The number of carbonyl (C=O) groups is 2. The van der Waals surface area contributed by atoms with Crippen molar-refractivity contribution in [3.8, 4) is 6.07 Å². The van der Waals surface area contributed by atoms with Crippen molar-refractivity contribution in [2.24, 2.45) is 0 Å². The molecule has 0 aliphatic carbocycles. The Morgan fingerprint density at radius 2 is 2.39 bits per heavy atom. The number of anilines is 1. The second-order valence-electron chi connectivity index (χ2n) is 3.98. The average molecular weight is 244 g/mol. The molecule has 0 spiro atoms. The third-order valence-electron chi connectivity index (χ3n) is 2.83. The summed E-state index contributed by atoms with van der Waals surface area (Å²) in [7, 11) is 0. The molecule has 0 radical (unpaired) electrons. The van der Waals surface area contributed by atoms with E-state index in [0.717, 1.165) is 0 Å². The number of hydrogen-bond donors (Lipinski definition) is 1. The topological polar surface area (TPSA) is 86.1 Å². The molecule has 1 aromatic heterocycles. The minimum absolute atomic E-state index is 0.110. The molecule has 92 valence electrons. The Morgan fingerprint density at radius 3 is 3.06 bits per heavy atom. The van der Waals surface area contributed by atoms with Crippen LogP contribution in [0.15, 0.2) is 18.3 Å². The fourth-order valence-corrected chi connectivity index (χ4v) is 2.00. The molecule has 2 rings (SSSR count). The van der Waals surface area contributed by atoms with E-state index < -0.39 is 6.04 Å². The first-order chi connectivity index (χ1) is 8.65. The smallest absolute Gasteiger partial charge is 0.249 e. The number of nitrogens with one attached hydrogen (secondary N) is 1. The van der Waals surface area contributed by atoms with Crippen LogP contribution in [0.2, 0.25) is 0 Å². The second kappa shape index (κ2) is 4.84. The molecule has 0 aromatic carbocycles. The van der Waals surface area contributed by atoms with Gasteiger partial charge in [-0.1, -0.05) is 6.92 Å². The molecule has 0 saturated carbocycles. The quantitative estimate of drug-likeness (QED) is 0.751. The molecular formula is C12H12N4O2. The fourth-order valence-electron chi connectivity index (χ4n) is 2.00. The van der Waals surface area contributed by atoms with Gasteiger partial charge in [-0.25, -0.2) is 4.98 Å². The third-order valence-corrected chi connectivity index (χ3v) is 2.83. The van der Waals surface area contributed by atoms with Gasteiger partial charge in [0.1, 0.15) is 17.8 Å². The number of imide groups is 1. The maximum Gasteiger partial charge on any atom is 0.249 e. The van der Waals surface area contributed by atoms with Crippen molar-refractivity contribution in [3.63, 3.8) is 0 Å². The summed E-state index contributed by atoms with van der Waals surface area (Å²) in [5.41, 5.74) is 0.928. The normalized spacial score (nSPS) is 19.3. The van der Waals surface area contributed by atoms with Crippen molar-refractivity contribution in [2.75, 3.05) is 11.4 Å². The molecule has 1 aliphatic heterocycles. The molecule has 1 atom stereocenters. The van der Waals surface area contributed by atoms with E-state index in [0.29, 0.717) is 12.1 Å². The van der Waals surface area contributed by atoms with E-state index in [-0.39, 0.29) is 24.1 Å². The zero-order chi connectivity index (χ0) is 13.1. The van der Waals surface area contributed by atoms with Gasteiger partial charge in [0.25, 0.3) is 0 Å². The summed E-state index contributed by atoms with van der Waals surface area (Å²) in [6.07, 6.45) is 2.08. The predicted molar refractivity (Wildman–Crippen MR) is 63.5 cm³/mol. The van der Waals surface area contributed by atoms with E-state index in [2.05, 4.69) is 10.3 Å². The summed E-state index contributed by atoms with van der Waals surface area (Å²) in [6, 6.07) is 4.81. The van der Waals surface area contributed by atoms with Gasteiger partial charge in [-0.15, -0.1) is 0 Å². The molecule has 1 N–H and O–H groups in total. The van der Waals surface area contributed by atoms with Gasteiger partial charge in [-0.2, -0.15) is 5.26 Å². The minimum Gasteiger partial charge on any atom is -0.350 e. The monoisotopic (exact) mass is 244 g/mol. The molecule has 6 nitrogen and oxygen atoms in total. The predicted octanol–water partition coefficient (Wildman–Crippen LogP) is 0.195.